The van der Waals surface area contributed by atoms with Gasteiger partial charge in [0.25, 0.3) is 11.5 Å². The molecule has 1 amide bonds. The molecule has 0 bridgehead atoms. The summed E-state index contributed by atoms with van der Waals surface area (Å²) in [4.78, 5) is 33.0. The average molecular weight is 362 g/mol. The van der Waals surface area contributed by atoms with Gasteiger partial charge in [-0.1, -0.05) is 31.2 Å². The third-order valence-electron chi connectivity index (χ3n) is 4.44. The van der Waals surface area contributed by atoms with Gasteiger partial charge in [0, 0.05) is 11.9 Å². The molecule has 27 heavy (non-hydrogen) atoms. The van der Waals surface area contributed by atoms with Gasteiger partial charge in [0.05, 0.1) is 16.6 Å². The first-order chi connectivity index (χ1) is 13.1. The van der Waals surface area contributed by atoms with Gasteiger partial charge in [-0.15, -0.1) is 0 Å². The molecule has 0 spiro atoms. The van der Waals surface area contributed by atoms with Crippen LogP contribution in [0.1, 0.15) is 23.7 Å². The highest BCUT2D eigenvalue weighted by Crippen LogP contribution is 2.27. The second kappa shape index (κ2) is 6.60. The molecule has 0 aliphatic heterocycles. The molecule has 2 aromatic carbocycles. The fraction of sp³-hybridized carbons (Fsp3) is 0.150. The number of aromatic nitrogens is 3. The Morgan fingerprint density at radius 2 is 1.93 bits per heavy atom. The van der Waals surface area contributed by atoms with E-state index in [9.17, 15) is 14.7 Å². The lowest BCUT2D eigenvalue weighted by Crippen LogP contribution is -2.30. The molecule has 0 atom stereocenters. The fourth-order valence-electron chi connectivity index (χ4n) is 3.22. The summed E-state index contributed by atoms with van der Waals surface area (Å²) in [5, 5.41) is 13.6. The van der Waals surface area contributed by atoms with Crippen LogP contribution in [0.5, 0.6) is 5.75 Å². The number of imidazole rings is 1. The zero-order chi connectivity index (χ0) is 19.0. The summed E-state index contributed by atoms with van der Waals surface area (Å²) in [7, 11) is 0. The molecule has 4 rings (SSSR count). The second-order valence-corrected chi connectivity index (χ2v) is 6.25. The zero-order valence-electron chi connectivity index (χ0n) is 14.7. The van der Waals surface area contributed by atoms with Gasteiger partial charge in [-0.25, -0.2) is 4.98 Å². The van der Waals surface area contributed by atoms with Crippen molar-refractivity contribution in [2.24, 2.45) is 0 Å². The number of hydrogen-bond acceptors (Lipinski definition) is 4. The molecule has 0 unspecified atom stereocenters. The van der Waals surface area contributed by atoms with E-state index in [-0.39, 0.29) is 17.3 Å². The van der Waals surface area contributed by atoms with Gasteiger partial charge in [0.15, 0.2) is 0 Å². The van der Waals surface area contributed by atoms with Crippen molar-refractivity contribution in [3.8, 4) is 5.75 Å². The van der Waals surface area contributed by atoms with E-state index < -0.39 is 11.5 Å². The van der Waals surface area contributed by atoms with Crippen LogP contribution in [0.2, 0.25) is 0 Å². The Bertz CT molecular complexity index is 1190. The maximum Gasteiger partial charge on any atom is 0.267 e. The maximum atomic E-state index is 12.9. The lowest BCUT2D eigenvalue weighted by atomic mass is 10.1. The van der Waals surface area contributed by atoms with Crippen LogP contribution in [0.25, 0.3) is 21.9 Å². The standard InChI is InChI=1S/C20H18N4O3/c1-2-11-24-15-10-6-3-7-12(15)17(25)16(19(24)27)18(26)23-20-21-13-8-4-5-9-14(13)22-20/h3-10,25H,2,11H2,1H3,(H2,21,22,23,26). The van der Waals surface area contributed by atoms with Crippen molar-refractivity contribution in [2.45, 2.75) is 19.9 Å². The smallest absolute Gasteiger partial charge is 0.267 e. The summed E-state index contributed by atoms with van der Waals surface area (Å²) in [6.45, 7) is 2.40. The van der Waals surface area contributed by atoms with Crippen molar-refractivity contribution in [3.05, 3.63) is 64.4 Å². The lowest BCUT2D eigenvalue weighted by Gasteiger charge is -2.13. The number of aryl methyl sites for hydroxylation is 1. The van der Waals surface area contributed by atoms with Crippen LogP contribution in [-0.2, 0) is 6.54 Å². The largest absolute Gasteiger partial charge is 0.506 e. The van der Waals surface area contributed by atoms with Gasteiger partial charge in [0.2, 0.25) is 5.95 Å². The number of carbonyl (C=O) groups excluding carboxylic acids is 1. The molecule has 0 fully saturated rings. The third-order valence-corrected chi connectivity index (χ3v) is 4.44. The summed E-state index contributed by atoms with van der Waals surface area (Å²) in [6, 6.07) is 14.3. The Morgan fingerprint density at radius 1 is 1.19 bits per heavy atom. The number of H-pyrrole nitrogens is 1. The number of aromatic hydroxyl groups is 1. The number of carbonyl (C=O) groups is 1. The minimum atomic E-state index is -0.702. The molecule has 0 saturated carbocycles. The SMILES string of the molecule is CCCn1c(=O)c(C(=O)Nc2nc3ccccc3[nH]2)c(O)c2ccccc21. The normalized spacial score (nSPS) is 11.1. The topological polar surface area (TPSA) is 100 Å². The lowest BCUT2D eigenvalue weighted by molar-refractivity contribution is 0.102. The van der Waals surface area contributed by atoms with E-state index in [1.165, 1.54) is 4.57 Å². The van der Waals surface area contributed by atoms with Crippen molar-refractivity contribution in [3.63, 3.8) is 0 Å². The number of para-hydroxylation sites is 3. The number of benzene rings is 2. The van der Waals surface area contributed by atoms with Crippen LogP contribution in [0.15, 0.2) is 53.3 Å². The number of amides is 1. The molecule has 7 nitrogen and oxygen atoms in total. The van der Waals surface area contributed by atoms with Crippen LogP contribution in [-0.4, -0.2) is 25.5 Å². The molecule has 4 aromatic rings. The van der Waals surface area contributed by atoms with E-state index in [4.69, 9.17) is 0 Å². The van der Waals surface area contributed by atoms with Crippen LogP contribution >= 0.6 is 0 Å². The molecule has 136 valence electrons. The van der Waals surface area contributed by atoms with Crippen molar-refractivity contribution >= 4 is 33.8 Å². The molecular weight excluding hydrogens is 344 g/mol. The summed E-state index contributed by atoms with van der Waals surface area (Å²) in [5.74, 6) is -0.807. The highest BCUT2D eigenvalue weighted by atomic mass is 16.3. The quantitative estimate of drug-likeness (QED) is 0.519. The molecule has 0 aliphatic carbocycles. The van der Waals surface area contributed by atoms with Gasteiger partial charge < -0.3 is 14.7 Å². The number of anilines is 1. The molecule has 0 radical (unpaired) electrons. The van der Waals surface area contributed by atoms with E-state index in [2.05, 4.69) is 15.3 Å². The first-order valence-electron chi connectivity index (χ1n) is 8.70. The predicted molar refractivity (Wildman–Crippen MR) is 104 cm³/mol. The molecule has 2 aromatic heterocycles. The van der Waals surface area contributed by atoms with Crippen LogP contribution in [0.4, 0.5) is 5.95 Å². The fourth-order valence-corrected chi connectivity index (χ4v) is 3.22. The Hall–Kier alpha value is -3.61. The maximum absolute atomic E-state index is 12.9. The van der Waals surface area contributed by atoms with Gasteiger partial charge in [-0.2, -0.15) is 0 Å². The van der Waals surface area contributed by atoms with Crippen molar-refractivity contribution < 1.29 is 9.90 Å². The summed E-state index contributed by atoms with van der Waals surface area (Å²) in [6.07, 6.45) is 0.722. The van der Waals surface area contributed by atoms with E-state index in [1.807, 2.05) is 31.2 Å². The number of pyridine rings is 1. The third kappa shape index (κ3) is 2.83. The molecule has 7 heteroatoms. The highest BCUT2D eigenvalue weighted by molar-refractivity contribution is 6.08. The van der Waals surface area contributed by atoms with E-state index in [1.54, 1.807) is 24.3 Å². The average Bonchev–Trinajstić information content (AvgIpc) is 3.07. The monoisotopic (exact) mass is 362 g/mol. The number of nitrogens with zero attached hydrogens (tertiary/aromatic N) is 2. The van der Waals surface area contributed by atoms with Crippen LogP contribution < -0.4 is 10.9 Å². The van der Waals surface area contributed by atoms with E-state index >= 15 is 0 Å². The van der Waals surface area contributed by atoms with Crippen LogP contribution in [0.3, 0.4) is 0 Å². The number of hydrogen-bond donors (Lipinski definition) is 3. The molecule has 2 heterocycles. The first-order valence-corrected chi connectivity index (χ1v) is 8.70. The van der Waals surface area contributed by atoms with E-state index in [0.29, 0.717) is 23.0 Å². The summed E-state index contributed by atoms with van der Waals surface area (Å²) in [5.41, 5.74) is 1.24. The number of aromatic amines is 1. The van der Waals surface area contributed by atoms with Gasteiger partial charge >= 0.3 is 0 Å². The highest BCUT2D eigenvalue weighted by Gasteiger charge is 2.22. The predicted octanol–water partition coefficient (Wildman–Crippen LogP) is 3.25. The van der Waals surface area contributed by atoms with E-state index in [0.717, 1.165) is 11.9 Å². The minimum Gasteiger partial charge on any atom is -0.506 e. The minimum absolute atomic E-state index is 0.218. The van der Waals surface area contributed by atoms with Crippen molar-refractivity contribution in [1.82, 2.24) is 14.5 Å². The second-order valence-electron chi connectivity index (χ2n) is 6.25. The zero-order valence-corrected chi connectivity index (χ0v) is 14.7. The first kappa shape index (κ1) is 16.8. The molecule has 0 saturated heterocycles. The Morgan fingerprint density at radius 3 is 2.70 bits per heavy atom. The van der Waals surface area contributed by atoms with Gasteiger partial charge in [0.1, 0.15) is 11.3 Å². The van der Waals surface area contributed by atoms with Crippen LogP contribution in [0, 0.1) is 0 Å². The Kier molecular flexibility index (Phi) is 4.12. The van der Waals surface area contributed by atoms with Crippen molar-refractivity contribution in [2.75, 3.05) is 5.32 Å². The molecule has 0 aliphatic rings. The summed E-state index contributed by atoms with van der Waals surface area (Å²) < 4.78 is 1.52. The molecular formula is C20H18N4O3. The van der Waals surface area contributed by atoms with Crippen molar-refractivity contribution in [1.29, 1.82) is 0 Å². The number of fused-ring (bicyclic) bond motifs is 2. The van der Waals surface area contributed by atoms with Gasteiger partial charge in [-0.3, -0.25) is 14.9 Å². The molecule has 3 N–H and O–H groups in total. The Labute approximate surface area is 154 Å². The number of rotatable bonds is 4. The number of nitrogens with one attached hydrogen (secondary N) is 2. The summed E-state index contributed by atoms with van der Waals surface area (Å²) >= 11 is 0. The Balaban J connectivity index is 1.82. The van der Waals surface area contributed by atoms with Gasteiger partial charge in [-0.05, 0) is 30.7 Å².